The number of alkyl halides is 1. The number of hydrogen-bond donors (Lipinski definition) is 1. The van der Waals surface area contributed by atoms with Crippen LogP contribution in [0.5, 0.6) is 0 Å². The molecule has 1 fully saturated rings. The smallest absolute Gasteiger partial charge is 0.162 e. The van der Waals surface area contributed by atoms with Crippen LogP contribution >= 0.6 is 0 Å². The van der Waals surface area contributed by atoms with E-state index in [2.05, 4.69) is 10.1 Å². The molecule has 0 amide bonds. The van der Waals surface area contributed by atoms with E-state index >= 15 is 0 Å². The Morgan fingerprint density at radius 3 is 2.62 bits per heavy atom. The summed E-state index contributed by atoms with van der Waals surface area (Å²) in [6.45, 7) is 5.43. The number of Topliss-reactive ketones (excluding diaryl/α,β-unsaturated/α-hetero) is 1. The molecule has 1 saturated carbocycles. The molecule has 4 rings (SSSR count). The summed E-state index contributed by atoms with van der Waals surface area (Å²) >= 11 is 0. The Morgan fingerprint density at radius 2 is 2.07 bits per heavy atom. The van der Waals surface area contributed by atoms with Gasteiger partial charge >= 0.3 is 0 Å². The van der Waals surface area contributed by atoms with E-state index in [-0.39, 0.29) is 11.7 Å². The second-order valence-corrected chi connectivity index (χ2v) is 8.33. The predicted molar refractivity (Wildman–Crippen MR) is 109 cm³/mol. The fourth-order valence-electron chi connectivity index (χ4n) is 4.29. The zero-order chi connectivity index (χ0) is 20.9. The summed E-state index contributed by atoms with van der Waals surface area (Å²) in [4.78, 5) is 16.7. The van der Waals surface area contributed by atoms with Gasteiger partial charge in [0.15, 0.2) is 5.78 Å². The SMILES string of the molecule is CC(=O)C(=C(C)N)c1cnc2c(-c3cnn(C)c3)nn(CC3CC(C)(F)C3)c2c1. The number of nitrogens with two attached hydrogens (primary N) is 1. The summed E-state index contributed by atoms with van der Waals surface area (Å²) in [5.74, 6) is 0.106. The molecule has 7 nitrogen and oxygen atoms in total. The number of rotatable bonds is 5. The van der Waals surface area contributed by atoms with E-state index in [1.807, 2.05) is 24.0 Å². The number of carbonyl (C=O) groups excluding carboxylic acids is 1. The average molecular weight is 396 g/mol. The molecule has 0 spiro atoms. The number of hydrogen-bond acceptors (Lipinski definition) is 5. The maximum Gasteiger partial charge on any atom is 0.162 e. The van der Waals surface area contributed by atoms with Crippen LogP contribution in [0.25, 0.3) is 27.9 Å². The first kappa shape index (κ1) is 19.3. The van der Waals surface area contributed by atoms with Crippen LogP contribution in [-0.2, 0) is 18.4 Å². The van der Waals surface area contributed by atoms with Gasteiger partial charge in [-0.15, -0.1) is 0 Å². The van der Waals surface area contributed by atoms with Gasteiger partial charge in [0, 0.05) is 48.4 Å². The summed E-state index contributed by atoms with van der Waals surface area (Å²) in [5, 5.41) is 9.01. The monoisotopic (exact) mass is 396 g/mol. The van der Waals surface area contributed by atoms with Crippen LogP contribution in [0.1, 0.15) is 39.2 Å². The van der Waals surface area contributed by atoms with Crippen molar-refractivity contribution in [1.82, 2.24) is 24.5 Å². The van der Waals surface area contributed by atoms with Crippen molar-refractivity contribution in [2.45, 2.75) is 45.8 Å². The topological polar surface area (TPSA) is 91.6 Å². The number of ketones is 1. The third kappa shape index (κ3) is 3.54. The predicted octanol–water partition coefficient (Wildman–Crippen LogP) is 3.25. The Balaban J connectivity index is 1.84. The minimum absolute atomic E-state index is 0.114. The van der Waals surface area contributed by atoms with Crippen LogP contribution in [0.3, 0.4) is 0 Å². The quantitative estimate of drug-likeness (QED) is 0.669. The molecule has 1 aliphatic carbocycles. The fourth-order valence-corrected chi connectivity index (χ4v) is 4.29. The van der Waals surface area contributed by atoms with E-state index in [4.69, 9.17) is 10.8 Å². The van der Waals surface area contributed by atoms with Gasteiger partial charge in [-0.25, -0.2) is 4.39 Å². The van der Waals surface area contributed by atoms with Gasteiger partial charge < -0.3 is 5.73 Å². The summed E-state index contributed by atoms with van der Waals surface area (Å²) in [7, 11) is 1.85. The molecule has 29 heavy (non-hydrogen) atoms. The summed E-state index contributed by atoms with van der Waals surface area (Å²) in [6.07, 6.45) is 6.32. The van der Waals surface area contributed by atoms with E-state index in [0.29, 0.717) is 36.2 Å². The van der Waals surface area contributed by atoms with Crippen LogP contribution in [0, 0.1) is 5.92 Å². The van der Waals surface area contributed by atoms with E-state index in [9.17, 15) is 9.18 Å². The van der Waals surface area contributed by atoms with Crippen molar-refractivity contribution in [1.29, 1.82) is 0 Å². The molecule has 0 aromatic carbocycles. The third-order valence-corrected chi connectivity index (χ3v) is 5.46. The molecule has 152 valence electrons. The van der Waals surface area contributed by atoms with Crippen molar-refractivity contribution in [3.8, 4) is 11.3 Å². The Labute approximate surface area is 168 Å². The lowest BCUT2D eigenvalue weighted by atomic mass is 9.73. The first-order chi connectivity index (χ1) is 13.6. The Morgan fingerprint density at radius 1 is 1.34 bits per heavy atom. The van der Waals surface area contributed by atoms with Crippen molar-refractivity contribution >= 4 is 22.4 Å². The van der Waals surface area contributed by atoms with E-state index in [1.165, 1.54) is 6.92 Å². The first-order valence-corrected chi connectivity index (χ1v) is 9.67. The molecular weight excluding hydrogens is 371 g/mol. The number of allylic oxidation sites excluding steroid dienone is 2. The normalized spacial score (nSPS) is 22.4. The van der Waals surface area contributed by atoms with Gasteiger partial charge in [0.1, 0.15) is 16.9 Å². The van der Waals surface area contributed by atoms with E-state index in [0.717, 1.165) is 22.3 Å². The Kier molecular flexibility index (Phi) is 4.52. The number of nitrogens with zero attached hydrogens (tertiary/aromatic N) is 5. The molecule has 3 aromatic heterocycles. The first-order valence-electron chi connectivity index (χ1n) is 9.67. The van der Waals surface area contributed by atoms with Crippen molar-refractivity contribution in [2.75, 3.05) is 0 Å². The highest BCUT2D eigenvalue weighted by Gasteiger charge is 2.40. The number of halogens is 1. The molecule has 0 atom stereocenters. The lowest BCUT2D eigenvalue weighted by molar-refractivity contribution is -0.111. The van der Waals surface area contributed by atoms with Crippen LogP contribution in [0.15, 0.2) is 30.4 Å². The van der Waals surface area contributed by atoms with Crippen molar-refractivity contribution < 1.29 is 9.18 Å². The van der Waals surface area contributed by atoms with Gasteiger partial charge in [0.05, 0.1) is 11.7 Å². The highest BCUT2D eigenvalue weighted by molar-refractivity contribution is 6.20. The van der Waals surface area contributed by atoms with Crippen molar-refractivity contribution in [3.63, 3.8) is 0 Å². The standard InChI is InChI=1S/C21H25FN6O/c1-12(23)18(13(2)29)15-5-17-20(24-8-15)19(16-9-25-27(4)11-16)26-28(17)10-14-6-21(3,22)7-14/h5,8-9,11,14H,6-7,10,23H2,1-4H3. The molecule has 0 unspecified atom stereocenters. The van der Waals surface area contributed by atoms with Crippen LogP contribution in [0.2, 0.25) is 0 Å². The highest BCUT2D eigenvalue weighted by Crippen LogP contribution is 2.42. The van der Waals surface area contributed by atoms with E-state index in [1.54, 1.807) is 30.9 Å². The maximum absolute atomic E-state index is 14.0. The van der Waals surface area contributed by atoms with Gasteiger partial charge in [-0.1, -0.05) is 0 Å². The minimum Gasteiger partial charge on any atom is -0.402 e. The number of fused-ring (bicyclic) bond motifs is 1. The van der Waals surface area contributed by atoms with Crippen LogP contribution < -0.4 is 5.73 Å². The Bertz CT molecular complexity index is 1130. The van der Waals surface area contributed by atoms with Crippen molar-refractivity contribution in [3.05, 3.63) is 35.9 Å². The van der Waals surface area contributed by atoms with Gasteiger partial charge in [0.25, 0.3) is 0 Å². The van der Waals surface area contributed by atoms with Gasteiger partial charge in [-0.2, -0.15) is 10.2 Å². The fraction of sp³-hybridized carbons (Fsp3) is 0.429. The average Bonchev–Trinajstić information content (AvgIpc) is 3.16. The molecule has 0 radical (unpaired) electrons. The molecule has 8 heteroatoms. The second kappa shape index (κ2) is 6.79. The molecule has 3 heterocycles. The molecule has 3 aromatic rings. The summed E-state index contributed by atoms with van der Waals surface area (Å²) < 4.78 is 17.6. The zero-order valence-corrected chi connectivity index (χ0v) is 17.1. The lowest BCUT2D eigenvalue weighted by Crippen LogP contribution is -2.38. The second-order valence-electron chi connectivity index (χ2n) is 8.33. The zero-order valence-electron chi connectivity index (χ0n) is 17.1. The number of carbonyl (C=O) groups is 1. The molecule has 2 N–H and O–H groups in total. The third-order valence-electron chi connectivity index (χ3n) is 5.46. The minimum atomic E-state index is -1.09. The van der Waals surface area contributed by atoms with Gasteiger partial charge in [-0.05, 0) is 45.6 Å². The van der Waals surface area contributed by atoms with Crippen LogP contribution in [-0.4, -0.2) is 36.0 Å². The van der Waals surface area contributed by atoms with E-state index < -0.39 is 5.67 Å². The van der Waals surface area contributed by atoms with Crippen LogP contribution in [0.4, 0.5) is 4.39 Å². The molecule has 0 aliphatic heterocycles. The molecule has 1 aliphatic rings. The summed E-state index contributed by atoms with van der Waals surface area (Å²) in [5.41, 5.74) is 9.52. The maximum atomic E-state index is 14.0. The molecule has 0 bridgehead atoms. The van der Waals surface area contributed by atoms with Gasteiger partial charge in [-0.3, -0.25) is 19.1 Å². The summed E-state index contributed by atoms with van der Waals surface area (Å²) in [6, 6.07) is 1.90. The number of aryl methyl sites for hydroxylation is 1. The Hall–Kier alpha value is -3.03. The van der Waals surface area contributed by atoms with Crippen molar-refractivity contribution in [2.24, 2.45) is 18.7 Å². The molecular formula is C21H25FN6O. The number of pyridine rings is 1. The highest BCUT2D eigenvalue weighted by atomic mass is 19.1. The largest absolute Gasteiger partial charge is 0.402 e. The van der Waals surface area contributed by atoms with Gasteiger partial charge in [0.2, 0.25) is 0 Å². The lowest BCUT2D eigenvalue weighted by Gasteiger charge is -2.38. The molecule has 0 saturated heterocycles. The number of aromatic nitrogens is 5.